The summed E-state index contributed by atoms with van der Waals surface area (Å²) in [5.41, 5.74) is 0. The molecule has 0 radical (unpaired) electrons. The molecule has 1 rings (SSSR count). The van der Waals surface area contributed by atoms with Gasteiger partial charge in [0.05, 0.1) is 4.88 Å². The van der Waals surface area contributed by atoms with Crippen LogP contribution < -0.4 is 0 Å². The number of sulfone groups is 1. The van der Waals surface area contributed by atoms with E-state index in [2.05, 4.69) is 0 Å². The van der Waals surface area contributed by atoms with Crippen LogP contribution in [0.25, 0.3) is 0 Å². The number of ketones is 1. The van der Waals surface area contributed by atoms with Gasteiger partial charge in [0.2, 0.25) is 5.91 Å². The molecule has 7 heteroatoms. The SMILES string of the molecule is CCN(CC)C(=O)CS(=O)(=O)CC(=O)c1cccs1. The van der Waals surface area contributed by atoms with E-state index in [-0.39, 0.29) is 0 Å². The predicted octanol–water partition coefficient (Wildman–Crippen LogP) is 1.21. The smallest absolute Gasteiger partial charge is 0.237 e. The summed E-state index contributed by atoms with van der Waals surface area (Å²) in [4.78, 5) is 25.3. The zero-order valence-corrected chi connectivity index (χ0v) is 12.6. The summed E-state index contributed by atoms with van der Waals surface area (Å²) in [6.45, 7) is 4.49. The number of hydrogen-bond donors (Lipinski definition) is 0. The van der Waals surface area contributed by atoms with Crippen LogP contribution in [0.1, 0.15) is 23.5 Å². The average Bonchev–Trinajstić information content (AvgIpc) is 2.82. The average molecular weight is 303 g/mol. The zero-order valence-electron chi connectivity index (χ0n) is 11.0. The summed E-state index contributed by atoms with van der Waals surface area (Å²) in [6.07, 6.45) is 0. The fourth-order valence-electron chi connectivity index (χ4n) is 1.61. The van der Waals surface area contributed by atoms with E-state index < -0.39 is 33.0 Å². The molecule has 19 heavy (non-hydrogen) atoms. The van der Waals surface area contributed by atoms with Gasteiger partial charge in [0.15, 0.2) is 15.6 Å². The Morgan fingerprint density at radius 3 is 2.32 bits per heavy atom. The first-order valence-corrected chi connectivity index (χ1v) is 8.64. The van der Waals surface area contributed by atoms with Crippen LogP contribution in [-0.4, -0.2) is 49.6 Å². The van der Waals surface area contributed by atoms with Gasteiger partial charge in [-0.3, -0.25) is 9.59 Å². The van der Waals surface area contributed by atoms with Crippen molar-refractivity contribution in [3.63, 3.8) is 0 Å². The van der Waals surface area contributed by atoms with Crippen LogP contribution in [0, 0.1) is 0 Å². The first-order valence-electron chi connectivity index (χ1n) is 5.94. The molecule has 1 heterocycles. The first kappa shape index (κ1) is 15.8. The second-order valence-corrected chi connectivity index (χ2v) is 7.01. The topological polar surface area (TPSA) is 71.5 Å². The van der Waals surface area contributed by atoms with Crippen molar-refractivity contribution in [3.05, 3.63) is 22.4 Å². The maximum Gasteiger partial charge on any atom is 0.237 e. The molecule has 1 aromatic heterocycles. The molecule has 0 aromatic carbocycles. The molecule has 1 amide bonds. The maximum atomic E-state index is 11.8. The minimum Gasteiger partial charge on any atom is -0.342 e. The lowest BCUT2D eigenvalue weighted by atomic mass is 10.4. The minimum absolute atomic E-state index is 0.402. The summed E-state index contributed by atoms with van der Waals surface area (Å²) in [5.74, 6) is -2.13. The van der Waals surface area contributed by atoms with Crippen molar-refractivity contribution in [2.45, 2.75) is 13.8 Å². The Kier molecular flexibility index (Phi) is 5.68. The molecule has 5 nitrogen and oxygen atoms in total. The third-order valence-corrected chi connectivity index (χ3v) is 4.91. The molecule has 0 saturated carbocycles. The van der Waals surface area contributed by atoms with Crippen molar-refractivity contribution < 1.29 is 18.0 Å². The Labute approximate surface area is 117 Å². The second kappa shape index (κ2) is 6.81. The molecule has 1 aromatic rings. The molecular weight excluding hydrogens is 286 g/mol. The van der Waals surface area contributed by atoms with Gasteiger partial charge >= 0.3 is 0 Å². The van der Waals surface area contributed by atoms with E-state index in [4.69, 9.17) is 0 Å². The third-order valence-electron chi connectivity index (χ3n) is 2.61. The number of nitrogens with zero attached hydrogens (tertiary/aromatic N) is 1. The van der Waals surface area contributed by atoms with Gasteiger partial charge in [-0.1, -0.05) is 6.07 Å². The maximum absolute atomic E-state index is 11.8. The van der Waals surface area contributed by atoms with Crippen LogP contribution >= 0.6 is 11.3 Å². The van der Waals surface area contributed by atoms with Crippen LogP contribution in [-0.2, 0) is 14.6 Å². The molecule has 0 unspecified atom stereocenters. The van der Waals surface area contributed by atoms with Crippen LogP contribution in [0.3, 0.4) is 0 Å². The number of amides is 1. The second-order valence-electron chi connectivity index (χ2n) is 4.00. The van der Waals surface area contributed by atoms with Crippen LogP contribution in [0.4, 0.5) is 0 Å². The molecule has 0 aliphatic rings. The highest BCUT2D eigenvalue weighted by molar-refractivity contribution is 7.92. The number of carbonyl (C=O) groups is 2. The lowest BCUT2D eigenvalue weighted by molar-refractivity contribution is -0.128. The minimum atomic E-state index is -3.71. The highest BCUT2D eigenvalue weighted by Gasteiger charge is 2.24. The number of thiophene rings is 1. The number of carbonyl (C=O) groups excluding carboxylic acids is 2. The van der Waals surface area contributed by atoms with Crippen LogP contribution in [0.15, 0.2) is 17.5 Å². The summed E-state index contributed by atoms with van der Waals surface area (Å²) in [5, 5.41) is 1.71. The fraction of sp³-hybridized carbons (Fsp3) is 0.500. The fourth-order valence-corrected chi connectivity index (χ4v) is 3.59. The normalized spacial score (nSPS) is 11.3. The van der Waals surface area contributed by atoms with Gasteiger partial charge in [-0.05, 0) is 25.3 Å². The summed E-state index contributed by atoms with van der Waals surface area (Å²) < 4.78 is 23.6. The molecule has 106 valence electrons. The Hall–Kier alpha value is -1.21. The molecule has 0 spiro atoms. The van der Waals surface area contributed by atoms with Crippen molar-refractivity contribution in [1.82, 2.24) is 4.90 Å². The van der Waals surface area contributed by atoms with Crippen molar-refractivity contribution in [3.8, 4) is 0 Å². The van der Waals surface area contributed by atoms with Crippen molar-refractivity contribution >= 4 is 32.9 Å². The van der Waals surface area contributed by atoms with E-state index in [1.807, 2.05) is 0 Å². The van der Waals surface area contributed by atoms with Gasteiger partial charge in [-0.15, -0.1) is 11.3 Å². The number of hydrogen-bond acceptors (Lipinski definition) is 5. The molecule has 0 bridgehead atoms. The quantitative estimate of drug-likeness (QED) is 0.710. The summed E-state index contributed by atoms with van der Waals surface area (Å²) >= 11 is 1.20. The molecule has 0 fully saturated rings. The lowest BCUT2D eigenvalue weighted by Gasteiger charge is -2.18. The number of rotatable bonds is 7. The van der Waals surface area contributed by atoms with E-state index in [1.165, 1.54) is 16.2 Å². The van der Waals surface area contributed by atoms with E-state index in [0.29, 0.717) is 18.0 Å². The van der Waals surface area contributed by atoms with Crippen LogP contribution in [0.5, 0.6) is 0 Å². The first-order chi connectivity index (χ1) is 8.89. The van der Waals surface area contributed by atoms with Gasteiger partial charge in [0.25, 0.3) is 0 Å². The molecule has 0 aliphatic heterocycles. The van der Waals surface area contributed by atoms with Crippen molar-refractivity contribution in [1.29, 1.82) is 0 Å². The monoisotopic (exact) mass is 303 g/mol. The van der Waals surface area contributed by atoms with Crippen molar-refractivity contribution in [2.24, 2.45) is 0 Å². The van der Waals surface area contributed by atoms with E-state index in [9.17, 15) is 18.0 Å². The van der Waals surface area contributed by atoms with Crippen LogP contribution in [0.2, 0.25) is 0 Å². The third kappa shape index (κ3) is 4.76. The molecule has 0 atom stereocenters. The van der Waals surface area contributed by atoms with E-state index in [0.717, 1.165) is 0 Å². The lowest BCUT2D eigenvalue weighted by Crippen LogP contribution is -2.36. The summed E-state index contributed by atoms with van der Waals surface area (Å²) in [7, 11) is -3.71. The predicted molar refractivity (Wildman–Crippen MR) is 75.2 cm³/mol. The Morgan fingerprint density at radius 1 is 1.21 bits per heavy atom. The van der Waals surface area contributed by atoms with E-state index in [1.54, 1.807) is 31.4 Å². The zero-order chi connectivity index (χ0) is 14.5. The van der Waals surface area contributed by atoms with Gasteiger partial charge in [-0.25, -0.2) is 8.42 Å². The van der Waals surface area contributed by atoms with Crippen molar-refractivity contribution in [2.75, 3.05) is 24.6 Å². The Bertz CT molecular complexity index is 530. The molecule has 0 N–H and O–H groups in total. The standard InChI is InChI=1S/C12H17NO4S2/c1-3-13(4-2)12(15)9-19(16,17)8-10(14)11-6-5-7-18-11/h5-7H,3-4,8-9H2,1-2H3. The van der Waals surface area contributed by atoms with E-state index >= 15 is 0 Å². The molecule has 0 aliphatic carbocycles. The number of Topliss-reactive ketones (excluding diaryl/α,β-unsaturated/α-hetero) is 1. The molecule has 0 saturated heterocycles. The van der Waals surface area contributed by atoms with Gasteiger partial charge in [0, 0.05) is 13.1 Å². The van der Waals surface area contributed by atoms with Gasteiger partial charge in [0.1, 0.15) is 11.5 Å². The molecular formula is C12H17NO4S2. The largest absolute Gasteiger partial charge is 0.342 e. The van der Waals surface area contributed by atoms with Gasteiger partial charge < -0.3 is 4.90 Å². The Morgan fingerprint density at radius 2 is 1.84 bits per heavy atom. The Balaban J connectivity index is 2.67. The van der Waals surface area contributed by atoms with Gasteiger partial charge in [-0.2, -0.15) is 0 Å². The highest BCUT2D eigenvalue weighted by atomic mass is 32.2. The summed E-state index contributed by atoms with van der Waals surface area (Å²) in [6, 6.07) is 3.26. The highest BCUT2D eigenvalue weighted by Crippen LogP contribution is 2.11.